The largest absolute Gasteiger partial charge is 0.444 e. The molecule has 0 N–H and O–H groups in total. The molecule has 1 aliphatic rings. The summed E-state index contributed by atoms with van der Waals surface area (Å²) in [6, 6.07) is 0.165. The predicted octanol–water partition coefficient (Wildman–Crippen LogP) is 3.00. The Morgan fingerprint density at radius 2 is 2.12 bits per heavy atom. The normalized spacial score (nSPS) is 24.6. The monoisotopic (exact) mass is 263 g/mol. The Hall–Kier alpha value is -0.0300. The molecule has 1 fully saturated rings. The van der Waals surface area contributed by atoms with Gasteiger partial charge >= 0.3 is 6.09 Å². The standard InChI is InChI=1S/C11H21NO2S2/c1-10(2,3)14-9(13)12-8(6-15)7-16-11(12,4)5/h8,15H,6-7H2,1-5H3/t8-/m0/s1. The number of ether oxygens (including phenoxy) is 1. The van der Waals surface area contributed by atoms with Crippen molar-refractivity contribution in [2.45, 2.75) is 51.1 Å². The number of carbonyl (C=O) groups is 1. The van der Waals surface area contributed by atoms with Crippen LogP contribution in [0.2, 0.25) is 0 Å². The van der Waals surface area contributed by atoms with Crippen molar-refractivity contribution >= 4 is 30.5 Å². The molecule has 0 bridgehead atoms. The second-order valence-electron chi connectivity index (χ2n) is 5.44. The van der Waals surface area contributed by atoms with Crippen molar-refractivity contribution < 1.29 is 9.53 Å². The number of nitrogens with zero attached hydrogens (tertiary/aromatic N) is 1. The van der Waals surface area contributed by atoms with Crippen LogP contribution in [0.5, 0.6) is 0 Å². The fraction of sp³-hybridized carbons (Fsp3) is 0.909. The van der Waals surface area contributed by atoms with Crippen LogP contribution >= 0.6 is 24.4 Å². The van der Waals surface area contributed by atoms with Gasteiger partial charge in [0.25, 0.3) is 0 Å². The van der Waals surface area contributed by atoms with Gasteiger partial charge in [0.05, 0.1) is 10.9 Å². The van der Waals surface area contributed by atoms with Crippen LogP contribution in [0.25, 0.3) is 0 Å². The van der Waals surface area contributed by atoms with Crippen LogP contribution in [0.1, 0.15) is 34.6 Å². The van der Waals surface area contributed by atoms with Crippen molar-refractivity contribution in [2.75, 3.05) is 11.5 Å². The highest BCUT2D eigenvalue weighted by Gasteiger charge is 2.44. The number of thioether (sulfide) groups is 1. The maximum absolute atomic E-state index is 12.1. The first kappa shape index (κ1) is 14.0. The lowest BCUT2D eigenvalue weighted by Gasteiger charge is -2.35. The van der Waals surface area contributed by atoms with Crippen LogP contribution in [-0.4, -0.2) is 39.0 Å². The van der Waals surface area contributed by atoms with E-state index >= 15 is 0 Å². The Bertz CT molecular complexity index is 274. The van der Waals surface area contributed by atoms with E-state index in [9.17, 15) is 4.79 Å². The Morgan fingerprint density at radius 3 is 2.56 bits per heavy atom. The van der Waals surface area contributed by atoms with Crippen molar-refractivity contribution in [3.05, 3.63) is 0 Å². The third kappa shape index (κ3) is 3.23. The number of amides is 1. The fourth-order valence-electron chi connectivity index (χ4n) is 1.70. The fourth-order valence-corrected chi connectivity index (χ4v) is 3.40. The van der Waals surface area contributed by atoms with Gasteiger partial charge in [-0.1, -0.05) is 0 Å². The Kier molecular flexibility index (Phi) is 4.11. The molecule has 0 aromatic rings. The number of thiol groups is 1. The molecule has 94 valence electrons. The van der Waals surface area contributed by atoms with Crippen molar-refractivity contribution in [3.63, 3.8) is 0 Å². The van der Waals surface area contributed by atoms with Gasteiger partial charge in [-0.05, 0) is 34.6 Å². The lowest BCUT2D eigenvalue weighted by molar-refractivity contribution is 0.0119. The van der Waals surface area contributed by atoms with Gasteiger partial charge in [-0.2, -0.15) is 12.6 Å². The van der Waals surface area contributed by atoms with Crippen LogP contribution in [0, 0.1) is 0 Å². The zero-order valence-electron chi connectivity index (χ0n) is 10.6. The van der Waals surface area contributed by atoms with E-state index in [0.717, 1.165) is 5.75 Å². The molecule has 1 atom stereocenters. The molecule has 0 saturated carbocycles. The molecule has 0 aromatic heterocycles. The topological polar surface area (TPSA) is 29.5 Å². The minimum Gasteiger partial charge on any atom is -0.444 e. The van der Waals surface area contributed by atoms with Crippen LogP contribution in [0.3, 0.4) is 0 Å². The summed E-state index contributed by atoms with van der Waals surface area (Å²) in [6.07, 6.45) is -0.235. The summed E-state index contributed by atoms with van der Waals surface area (Å²) in [7, 11) is 0. The Balaban J connectivity index is 2.79. The molecular formula is C11H21NO2S2. The summed E-state index contributed by atoms with van der Waals surface area (Å²) in [5.74, 6) is 1.60. The first-order chi connectivity index (χ1) is 7.17. The lowest BCUT2D eigenvalue weighted by Crippen LogP contribution is -2.49. The van der Waals surface area contributed by atoms with Crippen molar-refractivity contribution in [3.8, 4) is 0 Å². The molecule has 1 aliphatic heterocycles. The van der Waals surface area contributed by atoms with Crippen LogP contribution in [0.15, 0.2) is 0 Å². The summed E-state index contributed by atoms with van der Waals surface area (Å²) >= 11 is 6.07. The molecule has 0 unspecified atom stereocenters. The third-order valence-corrected chi connectivity index (χ3v) is 4.25. The average molecular weight is 263 g/mol. The Morgan fingerprint density at radius 1 is 1.56 bits per heavy atom. The molecule has 0 radical (unpaired) electrons. The number of hydrogen-bond donors (Lipinski definition) is 1. The van der Waals surface area contributed by atoms with Gasteiger partial charge in [-0.15, -0.1) is 11.8 Å². The van der Waals surface area contributed by atoms with Gasteiger partial charge in [0.15, 0.2) is 0 Å². The van der Waals surface area contributed by atoms with Gasteiger partial charge in [-0.3, -0.25) is 4.90 Å². The van der Waals surface area contributed by atoms with Crippen LogP contribution in [-0.2, 0) is 4.74 Å². The molecule has 1 saturated heterocycles. The van der Waals surface area contributed by atoms with Gasteiger partial charge in [0, 0.05) is 11.5 Å². The van der Waals surface area contributed by atoms with Gasteiger partial charge < -0.3 is 4.74 Å². The molecule has 0 spiro atoms. The van der Waals surface area contributed by atoms with Gasteiger partial charge in [0.2, 0.25) is 0 Å². The maximum Gasteiger partial charge on any atom is 0.411 e. The highest BCUT2D eigenvalue weighted by molar-refractivity contribution is 8.00. The summed E-state index contributed by atoms with van der Waals surface area (Å²) in [5.41, 5.74) is -0.443. The highest BCUT2D eigenvalue weighted by atomic mass is 32.2. The number of carbonyl (C=O) groups excluding carboxylic acids is 1. The van der Waals surface area contributed by atoms with Crippen molar-refractivity contribution in [1.82, 2.24) is 4.90 Å². The van der Waals surface area contributed by atoms with Gasteiger partial charge in [0.1, 0.15) is 5.60 Å². The molecular weight excluding hydrogens is 242 g/mol. The second-order valence-corrected chi connectivity index (χ2v) is 7.43. The number of hydrogen-bond acceptors (Lipinski definition) is 4. The first-order valence-electron chi connectivity index (χ1n) is 5.44. The van der Waals surface area contributed by atoms with Crippen LogP contribution in [0.4, 0.5) is 4.79 Å². The summed E-state index contributed by atoms with van der Waals surface area (Å²) < 4.78 is 5.43. The van der Waals surface area contributed by atoms with E-state index in [1.807, 2.05) is 39.5 Å². The van der Waals surface area contributed by atoms with E-state index in [4.69, 9.17) is 4.74 Å². The molecule has 1 amide bonds. The Labute approximate surface area is 108 Å². The molecule has 16 heavy (non-hydrogen) atoms. The lowest BCUT2D eigenvalue weighted by atomic mass is 10.2. The molecule has 1 rings (SSSR count). The molecule has 0 aromatic carbocycles. The second kappa shape index (κ2) is 4.69. The quantitative estimate of drug-likeness (QED) is 0.738. The molecule has 5 heteroatoms. The van der Waals surface area contributed by atoms with E-state index in [-0.39, 0.29) is 17.0 Å². The molecule has 0 aliphatic carbocycles. The zero-order valence-corrected chi connectivity index (χ0v) is 12.3. The summed E-state index contributed by atoms with van der Waals surface area (Å²) in [4.78, 5) is 13.7. The molecule has 3 nitrogen and oxygen atoms in total. The SMILES string of the molecule is CC(C)(C)OC(=O)N1[C@@H](CS)CSC1(C)C. The first-order valence-corrected chi connectivity index (χ1v) is 7.06. The third-order valence-electron chi connectivity index (χ3n) is 2.38. The average Bonchev–Trinajstić information content (AvgIpc) is 2.37. The minimum absolute atomic E-state index is 0.165. The zero-order chi connectivity index (χ0) is 12.6. The predicted molar refractivity (Wildman–Crippen MR) is 72.3 cm³/mol. The number of rotatable bonds is 1. The molecule has 1 heterocycles. The van der Waals surface area contributed by atoms with Crippen molar-refractivity contribution in [2.24, 2.45) is 0 Å². The highest BCUT2D eigenvalue weighted by Crippen LogP contribution is 2.39. The van der Waals surface area contributed by atoms with Crippen LogP contribution < -0.4 is 0 Å². The summed E-state index contributed by atoms with van der Waals surface area (Å²) in [6.45, 7) is 9.75. The smallest absolute Gasteiger partial charge is 0.411 e. The van der Waals surface area contributed by atoms with Gasteiger partial charge in [-0.25, -0.2) is 4.79 Å². The van der Waals surface area contributed by atoms with E-state index in [0.29, 0.717) is 5.75 Å². The van der Waals surface area contributed by atoms with E-state index in [1.165, 1.54) is 0 Å². The van der Waals surface area contributed by atoms with E-state index < -0.39 is 5.60 Å². The van der Waals surface area contributed by atoms with E-state index in [2.05, 4.69) is 12.6 Å². The maximum atomic E-state index is 12.1. The van der Waals surface area contributed by atoms with Crippen molar-refractivity contribution in [1.29, 1.82) is 0 Å². The minimum atomic E-state index is -0.443. The van der Waals surface area contributed by atoms with E-state index in [1.54, 1.807) is 11.8 Å². The summed E-state index contributed by atoms with van der Waals surface area (Å²) in [5, 5.41) is 0.